The van der Waals surface area contributed by atoms with Crippen molar-refractivity contribution in [3.8, 4) is 0 Å². The normalized spacial score (nSPS) is 13.4. The Morgan fingerprint density at radius 1 is 0.393 bits per heavy atom. The average Bonchev–Trinajstić information content (AvgIpc) is 3.27. The van der Waals surface area contributed by atoms with Gasteiger partial charge in [0.25, 0.3) is 0 Å². The van der Waals surface area contributed by atoms with Gasteiger partial charge in [-0.15, -0.1) is 0 Å². The van der Waals surface area contributed by atoms with Gasteiger partial charge in [-0.05, 0) is 103 Å². The van der Waals surface area contributed by atoms with Crippen LogP contribution in [-0.2, 0) is 14.3 Å². The molecule has 346 valence electrons. The predicted molar refractivity (Wildman–Crippen MR) is 269 cm³/mol. The lowest BCUT2D eigenvalue weighted by atomic mass is 10.0. The van der Waals surface area contributed by atoms with Crippen LogP contribution in [0.25, 0.3) is 0 Å². The van der Waals surface area contributed by atoms with Crippen molar-refractivity contribution >= 4 is 5.97 Å². The molecule has 0 radical (unpaired) electrons. The van der Waals surface area contributed by atoms with Gasteiger partial charge in [0.05, 0.1) is 13.2 Å². The van der Waals surface area contributed by atoms with E-state index >= 15 is 0 Å². The van der Waals surface area contributed by atoms with Crippen LogP contribution in [0.2, 0.25) is 0 Å². The highest BCUT2D eigenvalue weighted by molar-refractivity contribution is 5.69. The molecule has 0 saturated carbocycles. The molecule has 61 heavy (non-hydrogen) atoms. The summed E-state index contributed by atoms with van der Waals surface area (Å²) < 4.78 is 11.2. The zero-order valence-corrected chi connectivity index (χ0v) is 39.6. The van der Waals surface area contributed by atoms with Crippen molar-refractivity contribution in [3.05, 3.63) is 122 Å². The number of ether oxygens (including phenoxy) is 2. The fraction of sp³-hybridized carbons (Fsp3) is 0.632. The van der Waals surface area contributed by atoms with Crippen molar-refractivity contribution in [1.82, 2.24) is 0 Å². The maximum Gasteiger partial charge on any atom is 0.306 e. The Hall–Kier alpha value is -3.21. The second-order valence-corrected chi connectivity index (χ2v) is 16.1. The summed E-state index contributed by atoms with van der Waals surface area (Å²) in [5.74, 6) is -0.214. The number of hydrogen-bond acceptors (Lipinski definition) is 4. The van der Waals surface area contributed by atoms with E-state index in [0.717, 1.165) is 89.9 Å². The largest absolute Gasteiger partial charge is 0.457 e. The molecule has 4 heteroatoms. The Morgan fingerprint density at radius 3 is 1.03 bits per heavy atom. The van der Waals surface area contributed by atoms with Crippen LogP contribution in [0.3, 0.4) is 0 Å². The molecule has 0 aromatic heterocycles. The van der Waals surface area contributed by atoms with Gasteiger partial charge in [0.15, 0.2) is 0 Å². The number of aliphatic hydroxyl groups excluding tert-OH is 1. The number of aliphatic hydroxyl groups is 1. The Kier molecular flexibility index (Phi) is 50.1. The standard InChI is InChI=1S/C57H94O4/c1-3-5-7-9-11-13-15-17-19-21-23-25-27-28-29-31-33-35-37-39-41-43-45-47-49-51-53-60-55-56(54-58)61-57(59)52-50-48-46-44-42-40-38-36-34-32-30-26-24-22-20-18-16-14-12-10-8-6-4-2/h5-8,11-14,17-20,23-26,28-29,33,35,56,58H,3-4,9-10,15-16,21-22,27,30-32,34,36-55H2,1-2H3/b7-5-,8-6-,13-11-,14-12-,19-17-,20-18-,25-23-,26-24-,29-28-,35-33-. The molecule has 0 bridgehead atoms. The minimum atomic E-state index is -0.553. The van der Waals surface area contributed by atoms with E-state index in [2.05, 4.69) is 135 Å². The van der Waals surface area contributed by atoms with E-state index in [1.54, 1.807) is 0 Å². The van der Waals surface area contributed by atoms with Gasteiger partial charge in [-0.3, -0.25) is 4.79 Å². The predicted octanol–water partition coefficient (Wildman–Crippen LogP) is 17.2. The SMILES string of the molecule is CC/C=C\C/C=C\C/C=C\C/C=C\C/C=C\C/C=C\CCCCCCCCCOCC(CO)OC(=O)CCCCCCCCCCCC/C=C\C/C=C\C/C=C\C/C=C\CC. The summed E-state index contributed by atoms with van der Waals surface area (Å²) in [5.41, 5.74) is 0. The first-order chi connectivity index (χ1) is 30.2. The van der Waals surface area contributed by atoms with Gasteiger partial charge in [-0.2, -0.15) is 0 Å². The lowest BCUT2D eigenvalue weighted by Crippen LogP contribution is -2.27. The number of hydrogen-bond donors (Lipinski definition) is 1. The lowest BCUT2D eigenvalue weighted by molar-refractivity contribution is -0.154. The molecule has 0 saturated heterocycles. The van der Waals surface area contributed by atoms with E-state index in [4.69, 9.17) is 9.47 Å². The van der Waals surface area contributed by atoms with E-state index in [9.17, 15) is 9.90 Å². The Balaban J connectivity index is 3.51. The Bertz CT molecular complexity index is 1210. The fourth-order valence-corrected chi connectivity index (χ4v) is 6.62. The van der Waals surface area contributed by atoms with Crippen LogP contribution in [0.15, 0.2) is 122 Å². The number of carbonyl (C=O) groups is 1. The number of rotatable bonds is 45. The van der Waals surface area contributed by atoms with Crippen molar-refractivity contribution in [3.63, 3.8) is 0 Å². The van der Waals surface area contributed by atoms with Crippen LogP contribution >= 0.6 is 0 Å². The monoisotopic (exact) mass is 843 g/mol. The third-order valence-electron chi connectivity index (χ3n) is 10.3. The molecule has 0 amide bonds. The summed E-state index contributed by atoms with van der Waals surface area (Å²) in [6.45, 7) is 5.08. The van der Waals surface area contributed by atoms with Crippen molar-refractivity contribution < 1.29 is 19.4 Å². The molecule has 0 fully saturated rings. The molecule has 0 spiro atoms. The van der Waals surface area contributed by atoms with Gasteiger partial charge in [-0.25, -0.2) is 0 Å². The van der Waals surface area contributed by atoms with Crippen molar-refractivity contribution in [2.24, 2.45) is 0 Å². The topological polar surface area (TPSA) is 55.8 Å². The lowest BCUT2D eigenvalue weighted by Gasteiger charge is -2.16. The third-order valence-corrected chi connectivity index (χ3v) is 10.3. The molecule has 1 N–H and O–H groups in total. The van der Waals surface area contributed by atoms with Crippen LogP contribution in [0, 0.1) is 0 Å². The highest BCUT2D eigenvalue weighted by Gasteiger charge is 2.13. The first-order valence-corrected chi connectivity index (χ1v) is 25.1. The Morgan fingerprint density at radius 2 is 0.689 bits per heavy atom. The quantitative estimate of drug-likeness (QED) is 0.0377. The molecule has 0 aliphatic heterocycles. The second-order valence-electron chi connectivity index (χ2n) is 16.1. The zero-order valence-electron chi connectivity index (χ0n) is 39.6. The van der Waals surface area contributed by atoms with E-state index in [1.165, 1.54) is 96.3 Å². The molecule has 0 aliphatic carbocycles. The molecule has 0 aromatic rings. The molecule has 0 rings (SSSR count). The summed E-state index contributed by atoms with van der Waals surface area (Å²) in [6.07, 6.45) is 78.5. The summed E-state index contributed by atoms with van der Waals surface area (Å²) in [5, 5.41) is 9.65. The fourth-order valence-electron chi connectivity index (χ4n) is 6.62. The molecular formula is C57H94O4. The van der Waals surface area contributed by atoms with E-state index in [-0.39, 0.29) is 19.2 Å². The summed E-state index contributed by atoms with van der Waals surface area (Å²) in [7, 11) is 0. The van der Waals surface area contributed by atoms with Gasteiger partial charge >= 0.3 is 5.97 Å². The maximum absolute atomic E-state index is 12.3. The number of unbranched alkanes of at least 4 members (excludes halogenated alkanes) is 17. The van der Waals surface area contributed by atoms with Crippen LogP contribution in [-0.4, -0.2) is 37.0 Å². The minimum absolute atomic E-state index is 0.186. The first kappa shape index (κ1) is 57.8. The second kappa shape index (κ2) is 52.9. The first-order valence-electron chi connectivity index (χ1n) is 25.1. The molecule has 0 heterocycles. The summed E-state index contributed by atoms with van der Waals surface area (Å²) in [4.78, 5) is 12.3. The van der Waals surface area contributed by atoms with Crippen molar-refractivity contribution in [1.29, 1.82) is 0 Å². The summed E-state index contributed by atoms with van der Waals surface area (Å²) in [6, 6.07) is 0. The van der Waals surface area contributed by atoms with E-state index < -0.39 is 6.10 Å². The smallest absolute Gasteiger partial charge is 0.306 e. The molecule has 0 aromatic carbocycles. The average molecular weight is 843 g/mol. The van der Waals surface area contributed by atoms with Crippen LogP contribution in [0.1, 0.15) is 206 Å². The third kappa shape index (κ3) is 51.0. The maximum atomic E-state index is 12.3. The van der Waals surface area contributed by atoms with E-state index in [0.29, 0.717) is 13.0 Å². The summed E-state index contributed by atoms with van der Waals surface area (Å²) >= 11 is 0. The minimum Gasteiger partial charge on any atom is -0.457 e. The number of esters is 1. The molecule has 4 nitrogen and oxygen atoms in total. The van der Waals surface area contributed by atoms with Crippen molar-refractivity contribution in [2.75, 3.05) is 19.8 Å². The highest BCUT2D eigenvalue weighted by Crippen LogP contribution is 2.14. The molecule has 0 aliphatic rings. The number of allylic oxidation sites excluding steroid dienone is 20. The van der Waals surface area contributed by atoms with Crippen LogP contribution in [0.5, 0.6) is 0 Å². The van der Waals surface area contributed by atoms with Crippen LogP contribution in [0.4, 0.5) is 0 Å². The Labute approximate surface area is 377 Å². The van der Waals surface area contributed by atoms with Gasteiger partial charge in [0.1, 0.15) is 6.10 Å². The molecular weight excluding hydrogens is 749 g/mol. The zero-order chi connectivity index (χ0) is 44.0. The molecule has 1 unspecified atom stereocenters. The van der Waals surface area contributed by atoms with Gasteiger partial charge in [-0.1, -0.05) is 219 Å². The number of carbonyl (C=O) groups excluding carboxylic acids is 1. The van der Waals surface area contributed by atoms with Gasteiger partial charge in [0, 0.05) is 13.0 Å². The highest BCUT2D eigenvalue weighted by atomic mass is 16.6. The van der Waals surface area contributed by atoms with E-state index in [1.807, 2.05) is 0 Å². The van der Waals surface area contributed by atoms with Gasteiger partial charge in [0.2, 0.25) is 0 Å². The molecule has 1 atom stereocenters. The van der Waals surface area contributed by atoms with Crippen molar-refractivity contribution in [2.45, 2.75) is 213 Å². The van der Waals surface area contributed by atoms with Crippen LogP contribution < -0.4 is 0 Å². The van der Waals surface area contributed by atoms with Gasteiger partial charge < -0.3 is 14.6 Å².